The third-order valence-corrected chi connectivity index (χ3v) is 7.89. The topological polar surface area (TPSA) is 120 Å². The normalized spacial score (nSPS) is 16.0. The van der Waals surface area contributed by atoms with Crippen molar-refractivity contribution in [2.45, 2.75) is 55.1 Å². The molecule has 4 rings (SSSR count). The number of hydrogen-bond donors (Lipinski definition) is 3. The molecular weight excluding hydrogens is 380 g/mol. The van der Waals surface area contributed by atoms with Crippen LogP contribution in [0.3, 0.4) is 0 Å². The van der Waals surface area contributed by atoms with E-state index in [1.807, 2.05) is 0 Å². The maximum atomic E-state index is 13.1. The number of pyridine rings is 1. The number of carbonyl (C=O) groups is 1. The predicted molar refractivity (Wildman–Crippen MR) is 106 cm³/mol. The summed E-state index contributed by atoms with van der Waals surface area (Å²) in [5, 5.41) is 9.84. The Balaban J connectivity index is 1.89. The third-order valence-electron chi connectivity index (χ3n) is 5.63. The maximum Gasteiger partial charge on any atom is 0.303 e. The lowest BCUT2D eigenvalue weighted by molar-refractivity contribution is -0.136. The molecule has 1 saturated carbocycles. The van der Waals surface area contributed by atoms with Gasteiger partial charge in [-0.2, -0.15) is 0 Å². The molecule has 28 heavy (non-hydrogen) atoms. The zero-order valence-corrected chi connectivity index (χ0v) is 16.1. The highest BCUT2D eigenvalue weighted by molar-refractivity contribution is 7.92. The van der Waals surface area contributed by atoms with Crippen molar-refractivity contribution in [1.29, 1.82) is 0 Å². The molecule has 1 aliphatic carbocycles. The molecular formula is C20H22N2O5S. The van der Waals surface area contributed by atoms with Crippen LogP contribution in [0.4, 0.5) is 0 Å². The molecule has 0 saturated heterocycles. The van der Waals surface area contributed by atoms with E-state index in [1.54, 1.807) is 24.4 Å². The summed E-state index contributed by atoms with van der Waals surface area (Å²) in [7, 11) is -3.45. The number of aromatic amines is 2. The van der Waals surface area contributed by atoms with Gasteiger partial charge in [-0.15, -0.1) is 0 Å². The summed E-state index contributed by atoms with van der Waals surface area (Å²) < 4.78 is 26.2. The van der Waals surface area contributed by atoms with Crippen LogP contribution in [0.2, 0.25) is 0 Å². The second-order valence-corrected chi connectivity index (χ2v) is 9.65. The fraction of sp³-hybridized carbons (Fsp3) is 0.400. The number of aromatic nitrogens is 2. The SMILES string of the molecule is O=C(O)CCc1c[nH]c2c(=O)[nH]c3ccc(S(=O)(=O)C4CCCCC4)cc3c12. The monoisotopic (exact) mass is 402 g/mol. The lowest BCUT2D eigenvalue weighted by Crippen LogP contribution is -2.24. The van der Waals surface area contributed by atoms with E-state index in [2.05, 4.69) is 9.97 Å². The zero-order valence-electron chi connectivity index (χ0n) is 15.3. The first-order chi connectivity index (χ1) is 13.4. The highest BCUT2D eigenvalue weighted by Gasteiger charge is 2.29. The predicted octanol–water partition coefficient (Wildman–Crippen LogP) is 3.13. The average molecular weight is 402 g/mol. The van der Waals surface area contributed by atoms with Crippen LogP contribution in [0.1, 0.15) is 44.1 Å². The first-order valence-electron chi connectivity index (χ1n) is 9.49. The second-order valence-electron chi connectivity index (χ2n) is 7.42. The Hall–Kier alpha value is -2.61. The molecule has 0 amide bonds. The Morgan fingerprint density at radius 2 is 1.93 bits per heavy atom. The zero-order chi connectivity index (χ0) is 19.9. The van der Waals surface area contributed by atoms with Crippen LogP contribution in [-0.2, 0) is 21.1 Å². The van der Waals surface area contributed by atoms with Crippen LogP contribution < -0.4 is 5.56 Å². The van der Waals surface area contributed by atoms with Crippen LogP contribution in [0, 0.1) is 0 Å². The summed E-state index contributed by atoms with van der Waals surface area (Å²) in [6, 6.07) is 4.80. The number of hydrogen-bond acceptors (Lipinski definition) is 4. The Labute approximate surface area is 161 Å². The van der Waals surface area contributed by atoms with E-state index >= 15 is 0 Å². The number of nitrogens with one attached hydrogen (secondary N) is 2. The molecule has 0 radical (unpaired) electrons. The molecule has 0 spiro atoms. The van der Waals surface area contributed by atoms with Gasteiger partial charge in [0.2, 0.25) is 0 Å². The average Bonchev–Trinajstić information content (AvgIpc) is 3.12. The number of aliphatic carboxylic acids is 1. The largest absolute Gasteiger partial charge is 0.481 e. The lowest BCUT2D eigenvalue weighted by atomic mass is 10.0. The minimum Gasteiger partial charge on any atom is -0.481 e. The van der Waals surface area contributed by atoms with Crippen molar-refractivity contribution in [2.75, 3.05) is 0 Å². The lowest BCUT2D eigenvalue weighted by Gasteiger charge is -2.22. The van der Waals surface area contributed by atoms with Gasteiger partial charge in [-0.3, -0.25) is 9.59 Å². The van der Waals surface area contributed by atoms with Gasteiger partial charge in [-0.25, -0.2) is 8.42 Å². The number of rotatable bonds is 5. The van der Waals surface area contributed by atoms with Crippen LogP contribution in [-0.4, -0.2) is 34.7 Å². The molecule has 8 heteroatoms. The fourth-order valence-electron chi connectivity index (χ4n) is 4.16. The van der Waals surface area contributed by atoms with E-state index in [4.69, 9.17) is 5.11 Å². The molecule has 0 unspecified atom stereocenters. The molecule has 0 atom stereocenters. The van der Waals surface area contributed by atoms with E-state index in [1.165, 1.54) is 0 Å². The number of benzene rings is 1. The number of fused-ring (bicyclic) bond motifs is 3. The van der Waals surface area contributed by atoms with Gasteiger partial charge in [0.15, 0.2) is 9.84 Å². The third kappa shape index (κ3) is 3.22. The molecule has 7 nitrogen and oxygen atoms in total. The molecule has 3 N–H and O–H groups in total. The first kappa shape index (κ1) is 18.7. The summed E-state index contributed by atoms with van der Waals surface area (Å²) in [6.07, 6.45) is 6.09. The van der Waals surface area contributed by atoms with E-state index in [-0.39, 0.29) is 28.5 Å². The van der Waals surface area contributed by atoms with Crippen molar-refractivity contribution < 1.29 is 18.3 Å². The highest BCUT2D eigenvalue weighted by Crippen LogP contribution is 2.32. The first-order valence-corrected chi connectivity index (χ1v) is 11.0. The Morgan fingerprint density at radius 3 is 2.64 bits per heavy atom. The Bertz CT molecular complexity index is 1220. The minimum absolute atomic E-state index is 0.0681. The summed E-state index contributed by atoms with van der Waals surface area (Å²) in [4.78, 5) is 29.3. The van der Waals surface area contributed by atoms with Crippen molar-refractivity contribution in [3.63, 3.8) is 0 Å². The standard InChI is InChI=1S/C20H22N2O5S/c23-17(24)9-6-12-11-21-19-18(12)15-10-14(7-8-16(15)22-20(19)25)28(26,27)13-4-2-1-3-5-13/h7-8,10-11,13,21H,1-6,9H2,(H,22,25)(H,23,24). The van der Waals surface area contributed by atoms with Crippen LogP contribution >= 0.6 is 0 Å². The van der Waals surface area contributed by atoms with Crippen molar-refractivity contribution in [2.24, 2.45) is 0 Å². The van der Waals surface area contributed by atoms with Crippen molar-refractivity contribution in [3.8, 4) is 0 Å². The number of H-pyrrole nitrogens is 2. The van der Waals surface area contributed by atoms with Crippen LogP contribution in [0.15, 0.2) is 34.1 Å². The molecule has 2 aromatic heterocycles. The van der Waals surface area contributed by atoms with Crippen molar-refractivity contribution >= 4 is 37.6 Å². The van der Waals surface area contributed by atoms with Gasteiger partial charge < -0.3 is 15.1 Å². The van der Waals surface area contributed by atoms with Gasteiger partial charge in [0.05, 0.1) is 10.1 Å². The van der Waals surface area contributed by atoms with Crippen LogP contribution in [0.25, 0.3) is 21.8 Å². The smallest absolute Gasteiger partial charge is 0.303 e. The molecule has 1 aromatic carbocycles. The van der Waals surface area contributed by atoms with Gasteiger partial charge >= 0.3 is 5.97 Å². The van der Waals surface area contributed by atoms with Crippen molar-refractivity contribution in [1.82, 2.24) is 9.97 Å². The summed E-state index contributed by atoms with van der Waals surface area (Å²) in [5.74, 6) is -0.927. The van der Waals surface area contributed by atoms with Crippen molar-refractivity contribution in [3.05, 3.63) is 40.3 Å². The number of aryl methyl sites for hydroxylation is 1. The Kier molecular flexibility index (Phi) is 4.74. The van der Waals surface area contributed by atoms with Gasteiger partial charge in [0.25, 0.3) is 5.56 Å². The number of carboxylic acid groups (broad SMARTS) is 1. The van der Waals surface area contributed by atoms with Gasteiger partial charge in [-0.1, -0.05) is 19.3 Å². The summed E-state index contributed by atoms with van der Waals surface area (Å²) in [6.45, 7) is 0. The van der Waals surface area contributed by atoms with Crippen LogP contribution in [0.5, 0.6) is 0 Å². The van der Waals surface area contributed by atoms with Gasteiger partial charge in [0, 0.05) is 28.9 Å². The maximum absolute atomic E-state index is 13.1. The molecule has 3 aromatic rings. The quantitative estimate of drug-likeness (QED) is 0.605. The number of carboxylic acids is 1. The number of sulfone groups is 1. The highest BCUT2D eigenvalue weighted by atomic mass is 32.2. The molecule has 0 bridgehead atoms. The minimum atomic E-state index is -3.45. The Morgan fingerprint density at radius 1 is 1.18 bits per heavy atom. The van der Waals surface area contributed by atoms with E-state index < -0.39 is 15.8 Å². The molecule has 1 aliphatic rings. The molecule has 2 heterocycles. The summed E-state index contributed by atoms with van der Waals surface area (Å²) in [5.41, 5.74) is 1.25. The molecule has 1 fully saturated rings. The van der Waals surface area contributed by atoms with E-state index in [0.717, 1.165) is 19.3 Å². The van der Waals surface area contributed by atoms with E-state index in [9.17, 15) is 18.0 Å². The second kappa shape index (κ2) is 7.09. The fourth-order valence-corrected chi connectivity index (χ4v) is 6.04. The molecule has 0 aliphatic heterocycles. The van der Waals surface area contributed by atoms with Gasteiger partial charge in [0.1, 0.15) is 5.52 Å². The summed E-state index contributed by atoms with van der Waals surface area (Å²) >= 11 is 0. The van der Waals surface area contributed by atoms with E-state index in [0.29, 0.717) is 40.2 Å². The van der Waals surface area contributed by atoms with Gasteiger partial charge in [-0.05, 0) is 43.0 Å². The molecule has 148 valence electrons.